The van der Waals surface area contributed by atoms with Crippen LogP contribution < -0.4 is 10.0 Å². The second-order valence-electron chi connectivity index (χ2n) is 7.89. The molecule has 0 saturated heterocycles. The van der Waals surface area contributed by atoms with Gasteiger partial charge >= 0.3 is 0 Å². The highest BCUT2D eigenvalue weighted by atomic mass is 32.2. The molecule has 2 heterocycles. The lowest BCUT2D eigenvalue weighted by atomic mass is 10.1. The summed E-state index contributed by atoms with van der Waals surface area (Å²) in [7, 11) is -3.61. The van der Waals surface area contributed by atoms with Crippen LogP contribution in [0.2, 0.25) is 0 Å². The molecule has 0 spiro atoms. The van der Waals surface area contributed by atoms with E-state index in [0.717, 1.165) is 35.0 Å². The fourth-order valence-electron chi connectivity index (χ4n) is 4.32. The average molecular weight is 449 g/mol. The molecule has 1 aliphatic carbocycles. The molecule has 0 radical (unpaired) electrons. The van der Waals surface area contributed by atoms with Gasteiger partial charge in [-0.3, -0.25) is 4.57 Å². The smallest absolute Gasteiger partial charge is 0.240 e. The summed E-state index contributed by atoms with van der Waals surface area (Å²) in [6.07, 6.45) is 5.19. The van der Waals surface area contributed by atoms with Crippen LogP contribution in [0.1, 0.15) is 22.8 Å². The number of nitrogens with one attached hydrogen (secondary N) is 2. The molecule has 0 bridgehead atoms. The number of aromatic nitrogens is 4. The first-order valence-corrected chi connectivity index (χ1v) is 12.0. The van der Waals surface area contributed by atoms with E-state index in [2.05, 4.69) is 31.1 Å². The minimum Gasteiger partial charge on any atom is -0.369 e. The van der Waals surface area contributed by atoms with Crippen LogP contribution in [0.3, 0.4) is 0 Å². The molecular weight excluding hydrogens is 424 g/mol. The van der Waals surface area contributed by atoms with Crippen molar-refractivity contribution in [2.24, 2.45) is 0 Å². The summed E-state index contributed by atoms with van der Waals surface area (Å²) < 4.78 is 30.6. The highest BCUT2D eigenvalue weighted by Crippen LogP contribution is 2.34. The van der Waals surface area contributed by atoms with E-state index in [4.69, 9.17) is 0 Å². The van der Waals surface area contributed by atoms with E-state index >= 15 is 0 Å². The second-order valence-corrected chi connectivity index (χ2v) is 9.62. The molecule has 8 nitrogen and oxygen atoms in total. The quantitative estimate of drug-likeness (QED) is 0.422. The molecule has 2 N–H and O–H groups in total. The molecule has 4 aromatic rings. The van der Waals surface area contributed by atoms with E-state index in [-0.39, 0.29) is 6.54 Å². The lowest BCUT2D eigenvalue weighted by molar-refractivity contribution is 0.582. The first kappa shape index (κ1) is 20.6. The van der Waals surface area contributed by atoms with Crippen molar-refractivity contribution in [3.63, 3.8) is 0 Å². The number of imidazole rings is 1. The van der Waals surface area contributed by atoms with E-state index in [1.54, 1.807) is 12.3 Å². The molecule has 0 fully saturated rings. The maximum absolute atomic E-state index is 13.0. The molecule has 1 aliphatic rings. The Labute approximate surface area is 186 Å². The van der Waals surface area contributed by atoms with E-state index in [1.165, 1.54) is 5.56 Å². The zero-order valence-corrected chi connectivity index (χ0v) is 18.8. The predicted molar refractivity (Wildman–Crippen MR) is 124 cm³/mol. The minimum absolute atomic E-state index is 0.240. The largest absolute Gasteiger partial charge is 0.369 e. The molecule has 5 rings (SSSR count). The van der Waals surface area contributed by atoms with Crippen LogP contribution >= 0.6 is 0 Å². The molecular formula is C23H24N6O2S. The van der Waals surface area contributed by atoms with Gasteiger partial charge in [-0.05, 0) is 54.7 Å². The molecule has 0 atom stereocenters. The molecule has 164 valence electrons. The van der Waals surface area contributed by atoms with Crippen molar-refractivity contribution in [1.29, 1.82) is 0 Å². The molecule has 2 aromatic carbocycles. The predicted octanol–water partition coefficient (Wildman–Crippen LogP) is 2.92. The van der Waals surface area contributed by atoms with Gasteiger partial charge in [0.05, 0.1) is 4.90 Å². The Kier molecular flexibility index (Phi) is 5.15. The summed E-state index contributed by atoms with van der Waals surface area (Å²) >= 11 is 0. The van der Waals surface area contributed by atoms with Crippen molar-refractivity contribution < 1.29 is 8.42 Å². The van der Waals surface area contributed by atoms with Gasteiger partial charge in [0, 0.05) is 31.5 Å². The fraction of sp³-hybridized carbons (Fsp3) is 0.261. The van der Waals surface area contributed by atoms with E-state index in [0.29, 0.717) is 28.9 Å². The number of hydrogen-bond donors (Lipinski definition) is 2. The van der Waals surface area contributed by atoms with Crippen LogP contribution in [-0.2, 0) is 22.9 Å². The number of rotatable bonds is 7. The van der Waals surface area contributed by atoms with Crippen molar-refractivity contribution >= 4 is 26.6 Å². The molecule has 32 heavy (non-hydrogen) atoms. The third-order valence-corrected chi connectivity index (χ3v) is 7.30. The van der Waals surface area contributed by atoms with E-state index < -0.39 is 10.0 Å². The first-order valence-electron chi connectivity index (χ1n) is 10.6. The maximum atomic E-state index is 13.0. The van der Waals surface area contributed by atoms with Crippen molar-refractivity contribution in [1.82, 2.24) is 24.2 Å². The Balaban J connectivity index is 1.28. The number of hydrogen-bond acceptors (Lipinski definition) is 6. The summed E-state index contributed by atoms with van der Waals surface area (Å²) in [5.41, 5.74) is 2.14. The summed E-state index contributed by atoms with van der Waals surface area (Å²) in [6, 6.07) is 11.6. The topological polar surface area (TPSA) is 102 Å². The Morgan fingerprint density at radius 3 is 2.75 bits per heavy atom. The lowest BCUT2D eigenvalue weighted by Crippen LogP contribution is -2.29. The van der Waals surface area contributed by atoms with E-state index in [1.807, 2.05) is 48.9 Å². The summed E-state index contributed by atoms with van der Waals surface area (Å²) in [5.74, 6) is 2.79. The first-order chi connectivity index (χ1) is 15.4. The number of anilines is 1. The number of benzene rings is 2. The summed E-state index contributed by atoms with van der Waals surface area (Å²) in [5, 5.41) is 5.37. The van der Waals surface area contributed by atoms with Crippen LogP contribution in [-0.4, -0.2) is 41.0 Å². The van der Waals surface area contributed by atoms with Gasteiger partial charge in [0.2, 0.25) is 10.0 Å². The van der Waals surface area contributed by atoms with E-state index in [9.17, 15) is 8.42 Å². The number of sulfonamides is 1. The van der Waals surface area contributed by atoms with Gasteiger partial charge in [-0.15, -0.1) is 0 Å². The average Bonchev–Trinajstić information content (AvgIpc) is 3.39. The monoisotopic (exact) mass is 448 g/mol. The third-order valence-electron chi connectivity index (χ3n) is 5.75. The minimum atomic E-state index is -3.61. The maximum Gasteiger partial charge on any atom is 0.240 e. The summed E-state index contributed by atoms with van der Waals surface area (Å²) in [4.78, 5) is 13.5. The molecule has 0 unspecified atom stereocenters. The van der Waals surface area contributed by atoms with Crippen LogP contribution in [0, 0.1) is 13.8 Å². The van der Waals surface area contributed by atoms with Crippen molar-refractivity contribution in [3.8, 4) is 5.82 Å². The van der Waals surface area contributed by atoms with Crippen molar-refractivity contribution in [2.75, 3.05) is 18.4 Å². The normalized spacial score (nSPS) is 13.1. The van der Waals surface area contributed by atoms with Gasteiger partial charge in [-0.2, -0.15) is 0 Å². The highest BCUT2D eigenvalue weighted by molar-refractivity contribution is 7.89. The Hall–Kier alpha value is -3.30. The van der Waals surface area contributed by atoms with Gasteiger partial charge in [-0.1, -0.05) is 24.3 Å². The molecule has 0 aliphatic heterocycles. The Morgan fingerprint density at radius 1 is 1.06 bits per heavy atom. The van der Waals surface area contributed by atoms with Gasteiger partial charge in [0.25, 0.3) is 0 Å². The Morgan fingerprint density at radius 2 is 1.94 bits per heavy atom. The molecule has 2 aromatic heterocycles. The van der Waals surface area contributed by atoms with Crippen molar-refractivity contribution in [2.45, 2.75) is 31.6 Å². The zero-order valence-electron chi connectivity index (χ0n) is 18.0. The Bertz CT molecular complexity index is 1430. The van der Waals surface area contributed by atoms with Gasteiger partial charge in [0.15, 0.2) is 0 Å². The zero-order chi connectivity index (χ0) is 22.3. The molecule has 0 amide bonds. The van der Waals surface area contributed by atoms with Gasteiger partial charge < -0.3 is 5.32 Å². The number of aryl methyl sites for hydroxylation is 4. The number of nitrogens with zero attached hydrogens (tertiary/aromatic N) is 4. The van der Waals surface area contributed by atoms with Crippen LogP contribution in [0.4, 0.5) is 5.82 Å². The van der Waals surface area contributed by atoms with Crippen LogP contribution in [0.25, 0.3) is 16.6 Å². The third kappa shape index (κ3) is 3.74. The fourth-order valence-corrected chi connectivity index (χ4v) is 5.63. The molecule has 0 saturated carbocycles. The lowest BCUT2D eigenvalue weighted by Gasteiger charge is -2.13. The van der Waals surface area contributed by atoms with Gasteiger partial charge in [0.1, 0.15) is 23.3 Å². The van der Waals surface area contributed by atoms with Gasteiger partial charge in [-0.25, -0.2) is 28.1 Å². The van der Waals surface area contributed by atoms with Crippen LogP contribution in [0.15, 0.2) is 53.7 Å². The second kappa shape index (κ2) is 7.99. The SMILES string of the molecule is Cc1nc(NCCNS(=O)(=O)c2ccc3cccc4c3c2CC4)cc(-n2ccnc2C)n1. The summed E-state index contributed by atoms with van der Waals surface area (Å²) in [6.45, 7) is 4.36. The van der Waals surface area contributed by atoms with Crippen molar-refractivity contribution in [3.05, 3.63) is 71.6 Å². The highest BCUT2D eigenvalue weighted by Gasteiger charge is 2.24. The molecule has 9 heteroatoms. The van der Waals surface area contributed by atoms with Crippen LogP contribution in [0.5, 0.6) is 0 Å². The standard InChI is InChI=1S/C23H24N6O2S/c1-15-27-21(14-22(28-15)29-13-12-24-16(29)2)25-10-11-26-32(30,31)20-9-7-18-5-3-4-17-6-8-19(20)23(17)18/h3-5,7,9,12-14,26H,6,8,10-11H2,1-2H3,(H,25,27,28).